The lowest BCUT2D eigenvalue weighted by Gasteiger charge is -2.33. The van der Waals surface area contributed by atoms with Crippen molar-refractivity contribution in [2.75, 3.05) is 38.2 Å². The maximum atomic E-state index is 11.4. The zero-order valence-corrected chi connectivity index (χ0v) is 13.2. The van der Waals surface area contributed by atoms with Crippen molar-refractivity contribution in [2.24, 2.45) is 0 Å². The summed E-state index contributed by atoms with van der Waals surface area (Å²) in [6.07, 6.45) is 1.26. The van der Waals surface area contributed by atoms with Crippen LogP contribution in [0.3, 0.4) is 0 Å². The van der Waals surface area contributed by atoms with Gasteiger partial charge in [0.05, 0.1) is 6.26 Å². The minimum absolute atomic E-state index is 0.561. The third-order valence-corrected chi connectivity index (χ3v) is 5.31. The normalized spacial score (nSPS) is 18.6. The quantitative estimate of drug-likeness (QED) is 0.831. The molecule has 0 unspecified atom stereocenters. The molecule has 0 atom stereocenters. The number of rotatable bonds is 3. The highest BCUT2D eigenvalue weighted by atomic mass is 79.9. The van der Waals surface area contributed by atoms with E-state index in [0.717, 1.165) is 29.8 Å². The Morgan fingerprint density at radius 2 is 1.89 bits per heavy atom. The zero-order chi connectivity index (χ0) is 14.0. The predicted octanol–water partition coefficient (Wildman–Crippen LogP) is 1.11. The summed E-state index contributed by atoms with van der Waals surface area (Å²) in [6, 6.07) is 5.78. The van der Waals surface area contributed by atoms with Crippen molar-refractivity contribution in [3.63, 3.8) is 0 Å². The topological polar surface area (TPSA) is 66.6 Å². The molecular weight excluding hydrogens is 330 g/mol. The standard InChI is InChI=1S/C12H18BrN3O2S/c1-19(17,18)16-6-4-15(5-7-16)9-10-2-3-11(14)8-12(10)13/h2-3,8H,4-7,9,14H2,1H3. The largest absolute Gasteiger partial charge is 0.399 e. The SMILES string of the molecule is CS(=O)(=O)N1CCN(Cc2ccc(N)cc2Br)CC1. The van der Waals surface area contributed by atoms with Gasteiger partial charge in [0.15, 0.2) is 0 Å². The number of hydrogen-bond donors (Lipinski definition) is 1. The second kappa shape index (κ2) is 5.78. The molecule has 1 aromatic carbocycles. The molecule has 1 aliphatic heterocycles. The van der Waals surface area contributed by atoms with E-state index in [2.05, 4.69) is 20.8 Å². The molecule has 2 N–H and O–H groups in total. The van der Waals surface area contributed by atoms with Crippen LogP contribution in [-0.4, -0.2) is 50.1 Å². The first kappa shape index (κ1) is 14.8. The molecule has 0 amide bonds. The highest BCUT2D eigenvalue weighted by Crippen LogP contribution is 2.22. The number of nitrogen functional groups attached to an aromatic ring is 1. The fourth-order valence-corrected chi connectivity index (χ4v) is 3.50. The van der Waals surface area contributed by atoms with E-state index in [1.807, 2.05) is 18.2 Å². The summed E-state index contributed by atoms with van der Waals surface area (Å²) >= 11 is 3.50. The molecule has 0 spiro atoms. The number of sulfonamides is 1. The second-order valence-corrected chi connectivity index (χ2v) is 7.63. The van der Waals surface area contributed by atoms with Gasteiger partial charge in [0.2, 0.25) is 10.0 Å². The molecule has 1 aliphatic rings. The van der Waals surface area contributed by atoms with Crippen LogP contribution in [0.4, 0.5) is 5.69 Å². The van der Waals surface area contributed by atoms with Gasteiger partial charge in [-0.25, -0.2) is 8.42 Å². The number of nitrogens with zero attached hydrogens (tertiary/aromatic N) is 2. The summed E-state index contributed by atoms with van der Waals surface area (Å²) in [7, 11) is -3.06. The van der Waals surface area contributed by atoms with Crippen molar-refractivity contribution in [2.45, 2.75) is 6.54 Å². The summed E-state index contributed by atoms with van der Waals surface area (Å²) < 4.78 is 25.4. The average molecular weight is 348 g/mol. The maximum absolute atomic E-state index is 11.4. The number of nitrogens with two attached hydrogens (primary N) is 1. The minimum atomic E-state index is -3.06. The Morgan fingerprint density at radius 1 is 1.26 bits per heavy atom. The summed E-state index contributed by atoms with van der Waals surface area (Å²) in [4.78, 5) is 2.25. The van der Waals surface area contributed by atoms with E-state index in [1.165, 1.54) is 16.1 Å². The maximum Gasteiger partial charge on any atom is 0.211 e. The van der Waals surface area contributed by atoms with Crippen molar-refractivity contribution in [1.82, 2.24) is 9.21 Å². The van der Waals surface area contributed by atoms with Crippen LogP contribution in [0.1, 0.15) is 5.56 Å². The molecule has 1 aromatic rings. The van der Waals surface area contributed by atoms with E-state index in [9.17, 15) is 8.42 Å². The highest BCUT2D eigenvalue weighted by molar-refractivity contribution is 9.10. The Kier molecular flexibility index (Phi) is 4.50. The molecule has 1 heterocycles. The number of anilines is 1. The predicted molar refractivity (Wildman–Crippen MR) is 80.2 cm³/mol. The minimum Gasteiger partial charge on any atom is -0.399 e. The second-order valence-electron chi connectivity index (χ2n) is 4.79. The summed E-state index contributed by atoms with van der Waals surface area (Å²) in [6.45, 7) is 3.43. The molecule has 0 aliphatic carbocycles. The number of halogens is 1. The first-order valence-electron chi connectivity index (χ1n) is 6.07. The lowest BCUT2D eigenvalue weighted by atomic mass is 10.2. The third kappa shape index (κ3) is 3.92. The van der Waals surface area contributed by atoms with Crippen LogP contribution in [0.15, 0.2) is 22.7 Å². The van der Waals surface area contributed by atoms with Crippen LogP contribution in [0.25, 0.3) is 0 Å². The van der Waals surface area contributed by atoms with Crippen LogP contribution in [0.2, 0.25) is 0 Å². The van der Waals surface area contributed by atoms with Gasteiger partial charge < -0.3 is 5.73 Å². The molecular formula is C12H18BrN3O2S. The lowest BCUT2D eigenvalue weighted by Crippen LogP contribution is -2.47. The third-order valence-electron chi connectivity index (χ3n) is 3.27. The molecule has 5 nitrogen and oxygen atoms in total. The van der Waals surface area contributed by atoms with E-state index in [4.69, 9.17) is 5.73 Å². The van der Waals surface area contributed by atoms with E-state index in [-0.39, 0.29) is 0 Å². The van der Waals surface area contributed by atoms with Crippen molar-refractivity contribution >= 4 is 31.6 Å². The van der Waals surface area contributed by atoms with Gasteiger partial charge in [-0.05, 0) is 17.7 Å². The zero-order valence-electron chi connectivity index (χ0n) is 10.8. The molecule has 0 aromatic heterocycles. The van der Waals surface area contributed by atoms with Crippen molar-refractivity contribution < 1.29 is 8.42 Å². The van der Waals surface area contributed by atoms with E-state index in [0.29, 0.717) is 13.1 Å². The van der Waals surface area contributed by atoms with E-state index in [1.54, 1.807) is 0 Å². The van der Waals surface area contributed by atoms with Crippen LogP contribution in [0.5, 0.6) is 0 Å². The van der Waals surface area contributed by atoms with Gasteiger partial charge in [-0.3, -0.25) is 4.90 Å². The van der Waals surface area contributed by atoms with Crippen LogP contribution in [0, 0.1) is 0 Å². The molecule has 0 radical (unpaired) electrons. The molecule has 0 bridgehead atoms. The molecule has 2 rings (SSSR count). The molecule has 1 saturated heterocycles. The van der Waals surface area contributed by atoms with Gasteiger partial charge in [0.25, 0.3) is 0 Å². The van der Waals surface area contributed by atoms with Gasteiger partial charge in [0.1, 0.15) is 0 Å². The van der Waals surface area contributed by atoms with E-state index < -0.39 is 10.0 Å². The summed E-state index contributed by atoms with van der Waals surface area (Å²) in [5, 5.41) is 0. The average Bonchev–Trinajstić information content (AvgIpc) is 2.32. The Bertz CT molecular complexity index is 554. The van der Waals surface area contributed by atoms with Crippen LogP contribution in [-0.2, 0) is 16.6 Å². The monoisotopic (exact) mass is 347 g/mol. The van der Waals surface area contributed by atoms with Crippen LogP contribution >= 0.6 is 15.9 Å². The van der Waals surface area contributed by atoms with Gasteiger partial charge in [-0.15, -0.1) is 0 Å². The molecule has 106 valence electrons. The number of hydrogen-bond acceptors (Lipinski definition) is 4. The van der Waals surface area contributed by atoms with Crippen LogP contribution < -0.4 is 5.73 Å². The fourth-order valence-electron chi connectivity index (χ4n) is 2.15. The Balaban J connectivity index is 1.96. The Hall–Kier alpha value is -0.630. The highest BCUT2D eigenvalue weighted by Gasteiger charge is 2.23. The molecule has 0 saturated carbocycles. The number of piperazine rings is 1. The van der Waals surface area contributed by atoms with Gasteiger partial charge in [-0.1, -0.05) is 22.0 Å². The smallest absolute Gasteiger partial charge is 0.211 e. The molecule has 1 fully saturated rings. The lowest BCUT2D eigenvalue weighted by molar-refractivity contribution is 0.182. The summed E-state index contributed by atoms with van der Waals surface area (Å²) in [5.74, 6) is 0. The first-order chi connectivity index (χ1) is 8.86. The van der Waals surface area contributed by atoms with E-state index >= 15 is 0 Å². The van der Waals surface area contributed by atoms with Gasteiger partial charge in [-0.2, -0.15) is 4.31 Å². The fraction of sp³-hybridized carbons (Fsp3) is 0.500. The van der Waals surface area contributed by atoms with Crippen molar-refractivity contribution in [3.05, 3.63) is 28.2 Å². The van der Waals surface area contributed by atoms with Gasteiger partial charge >= 0.3 is 0 Å². The van der Waals surface area contributed by atoms with Gasteiger partial charge in [0, 0.05) is 42.9 Å². The first-order valence-corrected chi connectivity index (χ1v) is 8.72. The Labute approximate surface area is 122 Å². The molecule has 19 heavy (non-hydrogen) atoms. The summed E-state index contributed by atoms with van der Waals surface area (Å²) in [5.41, 5.74) is 7.61. The Morgan fingerprint density at radius 3 is 2.42 bits per heavy atom. The molecule has 7 heteroatoms. The van der Waals surface area contributed by atoms with Crippen molar-refractivity contribution in [3.8, 4) is 0 Å². The number of benzene rings is 1. The van der Waals surface area contributed by atoms with Crippen molar-refractivity contribution in [1.29, 1.82) is 0 Å².